The molecule has 1 N–H and O–H groups in total. The molecule has 1 aromatic rings. The van der Waals surface area contributed by atoms with Crippen molar-refractivity contribution in [3.8, 4) is 5.75 Å². The smallest absolute Gasteiger partial charge is 0.122 e. The van der Waals surface area contributed by atoms with Crippen LogP contribution in [0.25, 0.3) is 0 Å². The van der Waals surface area contributed by atoms with Crippen molar-refractivity contribution < 1.29 is 9.84 Å². The second kappa shape index (κ2) is 5.31. The highest BCUT2D eigenvalue weighted by molar-refractivity contribution is 5.35. The summed E-state index contributed by atoms with van der Waals surface area (Å²) >= 11 is 0. The van der Waals surface area contributed by atoms with E-state index in [1.54, 1.807) is 0 Å². The Balaban J connectivity index is 1.60. The summed E-state index contributed by atoms with van der Waals surface area (Å²) in [6.07, 6.45) is 7.05. The van der Waals surface area contributed by atoms with Gasteiger partial charge in [0.15, 0.2) is 0 Å². The molecular weight excluding hydrogens is 224 g/mol. The van der Waals surface area contributed by atoms with E-state index in [1.807, 2.05) is 18.2 Å². The maximum atomic E-state index is 10.4. The van der Waals surface area contributed by atoms with Crippen LogP contribution in [-0.2, 0) is 6.42 Å². The van der Waals surface area contributed by atoms with E-state index in [4.69, 9.17) is 4.74 Å². The van der Waals surface area contributed by atoms with Gasteiger partial charge in [0.05, 0.1) is 12.7 Å². The van der Waals surface area contributed by atoms with Crippen LogP contribution >= 0.6 is 0 Å². The molecule has 1 aliphatic heterocycles. The lowest BCUT2D eigenvalue weighted by atomic mass is 9.87. The number of fused-ring (bicyclic) bond motifs is 1. The van der Waals surface area contributed by atoms with Crippen LogP contribution in [0, 0.1) is 11.8 Å². The predicted octanol–water partition coefficient (Wildman–Crippen LogP) is 3.18. The fourth-order valence-electron chi connectivity index (χ4n) is 3.38. The molecule has 1 aliphatic carbocycles. The molecule has 0 bridgehead atoms. The summed E-state index contributed by atoms with van der Waals surface area (Å²) in [5, 5.41) is 10.4. The summed E-state index contributed by atoms with van der Waals surface area (Å²) in [4.78, 5) is 0. The molecular formula is C16H22O2. The monoisotopic (exact) mass is 246 g/mol. The molecule has 1 fully saturated rings. The van der Waals surface area contributed by atoms with Crippen molar-refractivity contribution in [3.05, 3.63) is 29.8 Å². The minimum Gasteiger partial charge on any atom is -0.493 e. The lowest BCUT2D eigenvalue weighted by molar-refractivity contribution is 0.0469. The molecule has 0 amide bonds. The van der Waals surface area contributed by atoms with E-state index in [0.29, 0.717) is 6.61 Å². The summed E-state index contributed by atoms with van der Waals surface area (Å²) < 4.78 is 5.76. The molecule has 0 saturated heterocycles. The Hall–Kier alpha value is -1.02. The molecule has 0 radical (unpaired) electrons. The van der Waals surface area contributed by atoms with Gasteiger partial charge < -0.3 is 9.84 Å². The molecule has 2 unspecified atom stereocenters. The number of aliphatic hydroxyl groups is 1. The van der Waals surface area contributed by atoms with Crippen molar-refractivity contribution in [1.82, 2.24) is 0 Å². The van der Waals surface area contributed by atoms with Crippen LogP contribution < -0.4 is 4.74 Å². The Kier molecular flexibility index (Phi) is 3.55. The predicted molar refractivity (Wildman–Crippen MR) is 71.7 cm³/mol. The zero-order valence-corrected chi connectivity index (χ0v) is 10.8. The van der Waals surface area contributed by atoms with Crippen molar-refractivity contribution in [2.24, 2.45) is 11.8 Å². The van der Waals surface area contributed by atoms with E-state index in [9.17, 15) is 5.11 Å². The quantitative estimate of drug-likeness (QED) is 0.887. The molecule has 0 spiro atoms. The van der Waals surface area contributed by atoms with Gasteiger partial charge in [-0.15, -0.1) is 0 Å². The lowest BCUT2D eigenvalue weighted by Crippen LogP contribution is -2.32. The van der Waals surface area contributed by atoms with Crippen LogP contribution in [0.5, 0.6) is 5.75 Å². The van der Waals surface area contributed by atoms with Crippen LogP contribution in [-0.4, -0.2) is 17.8 Å². The third kappa shape index (κ3) is 2.54. The van der Waals surface area contributed by atoms with Crippen molar-refractivity contribution >= 4 is 0 Å². The van der Waals surface area contributed by atoms with Gasteiger partial charge in [0.25, 0.3) is 0 Å². The molecule has 1 saturated carbocycles. The van der Waals surface area contributed by atoms with Crippen molar-refractivity contribution in [1.29, 1.82) is 0 Å². The topological polar surface area (TPSA) is 29.5 Å². The summed E-state index contributed by atoms with van der Waals surface area (Å²) in [5.41, 5.74) is 1.25. The molecule has 2 aliphatic rings. The molecule has 18 heavy (non-hydrogen) atoms. The van der Waals surface area contributed by atoms with Crippen LogP contribution in [0.4, 0.5) is 0 Å². The second-order valence-electron chi connectivity index (χ2n) is 5.84. The second-order valence-corrected chi connectivity index (χ2v) is 5.84. The van der Waals surface area contributed by atoms with Crippen LogP contribution in [0.2, 0.25) is 0 Å². The normalized spacial score (nSPS) is 25.5. The van der Waals surface area contributed by atoms with Gasteiger partial charge in [-0.3, -0.25) is 0 Å². The first-order valence-corrected chi connectivity index (χ1v) is 7.21. The van der Waals surface area contributed by atoms with Gasteiger partial charge in [0, 0.05) is 5.92 Å². The average Bonchev–Trinajstić information content (AvgIpc) is 2.91. The van der Waals surface area contributed by atoms with Gasteiger partial charge in [0.2, 0.25) is 0 Å². The van der Waals surface area contributed by atoms with Gasteiger partial charge in [0.1, 0.15) is 5.75 Å². The fourth-order valence-corrected chi connectivity index (χ4v) is 3.38. The Labute approximate surface area is 109 Å². The molecule has 2 heteroatoms. The minimum absolute atomic E-state index is 0.193. The summed E-state index contributed by atoms with van der Waals surface area (Å²) in [7, 11) is 0. The van der Waals surface area contributed by atoms with Crippen LogP contribution in [0.3, 0.4) is 0 Å². The molecule has 2 atom stereocenters. The number of rotatable bonds is 3. The molecule has 1 heterocycles. The Morgan fingerprint density at radius 1 is 1.22 bits per heavy atom. The number of hydrogen-bond acceptors (Lipinski definition) is 2. The fraction of sp³-hybridized carbons (Fsp3) is 0.625. The minimum atomic E-state index is -0.193. The highest BCUT2D eigenvalue weighted by atomic mass is 16.5. The van der Waals surface area contributed by atoms with Crippen LogP contribution in [0.1, 0.15) is 37.7 Å². The van der Waals surface area contributed by atoms with Gasteiger partial charge in [-0.05, 0) is 30.4 Å². The molecule has 2 nitrogen and oxygen atoms in total. The van der Waals surface area contributed by atoms with Gasteiger partial charge >= 0.3 is 0 Å². The van der Waals surface area contributed by atoms with Gasteiger partial charge in [-0.1, -0.05) is 43.9 Å². The first-order chi connectivity index (χ1) is 8.83. The largest absolute Gasteiger partial charge is 0.493 e. The highest BCUT2D eigenvalue weighted by Crippen LogP contribution is 2.33. The molecule has 0 aromatic heterocycles. The molecule has 1 aromatic carbocycles. The SMILES string of the molecule is OC(CC1CCCC1)C1COc2ccccc2C1. The third-order valence-corrected chi connectivity index (χ3v) is 4.50. The van der Waals surface area contributed by atoms with E-state index < -0.39 is 0 Å². The Bertz CT molecular complexity index is 396. The van der Waals surface area contributed by atoms with Gasteiger partial charge in [-0.25, -0.2) is 0 Å². The third-order valence-electron chi connectivity index (χ3n) is 4.50. The summed E-state index contributed by atoms with van der Waals surface area (Å²) in [6, 6.07) is 8.20. The number of para-hydroxylation sites is 1. The molecule has 3 rings (SSSR count). The van der Waals surface area contributed by atoms with Crippen LogP contribution in [0.15, 0.2) is 24.3 Å². The number of aliphatic hydroxyl groups excluding tert-OH is 1. The van der Waals surface area contributed by atoms with E-state index in [-0.39, 0.29) is 12.0 Å². The maximum absolute atomic E-state index is 10.4. The first kappa shape index (κ1) is 12.0. The number of benzene rings is 1. The summed E-state index contributed by atoms with van der Waals surface area (Å²) in [6.45, 7) is 0.672. The average molecular weight is 246 g/mol. The number of hydrogen-bond donors (Lipinski definition) is 1. The van der Waals surface area contributed by atoms with E-state index in [0.717, 1.165) is 24.5 Å². The van der Waals surface area contributed by atoms with E-state index in [2.05, 4.69) is 6.07 Å². The molecule has 98 valence electrons. The zero-order valence-electron chi connectivity index (χ0n) is 10.8. The summed E-state index contributed by atoms with van der Waals surface area (Å²) in [5.74, 6) is 2.03. The Morgan fingerprint density at radius 2 is 2.00 bits per heavy atom. The standard InChI is InChI=1S/C16H22O2/c17-15(9-12-5-1-2-6-12)14-10-13-7-3-4-8-16(13)18-11-14/h3-4,7-8,12,14-15,17H,1-2,5-6,9-11H2. The van der Waals surface area contributed by atoms with E-state index in [1.165, 1.54) is 31.2 Å². The first-order valence-electron chi connectivity index (χ1n) is 7.21. The van der Waals surface area contributed by atoms with Crippen molar-refractivity contribution in [2.45, 2.75) is 44.6 Å². The van der Waals surface area contributed by atoms with E-state index >= 15 is 0 Å². The van der Waals surface area contributed by atoms with Gasteiger partial charge in [-0.2, -0.15) is 0 Å². The Morgan fingerprint density at radius 3 is 2.83 bits per heavy atom. The number of ether oxygens (including phenoxy) is 1. The van der Waals surface area contributed by atoms with Crippen molar-refractivity contribution in [2.75, 3.05) is 6.61 Å². The lowest BCUT2D eigenvalue weighted by Gasteiger charge is -2.30. The zero-order chi connectivity index (χ0) is 12.4. The maximum Gasteiger partial charge on any atom is 0.122 e. The highest BCUT2D eigenvalue weighted by Gasteiger charge is 2.28. The van der Waals surface area contributed by atoms with Crippen molar-refractivity contribution in [3.63, 3.8) is 0 Å².